The van der Waals surface area contributed by atoms with Gasteiger partial charge in [-0.15, -0.1) is 0 Å². The SMILES string of the molecule is NC(=O)CCC(NC(=O)NCCOC(N)=O)C(=O)O. The molecule has 7 N–H and O–H groups in total. The second kappa shape index (κ2) is 8.55. The number of primary amides is 2. The summed E-state index contributed by atoms with van der Waals surface area (Å²) in [7, 11) is 0. The van der Waals surface area contributed by atoms with Gasteiger partial charge in [-0.1, -0.05) is 0 Å². The Labute approximate surface area is 108 Å². The minimum Gasteiger partial charge on any atom is -0.480 e. The second-order valence-corrected chi connectivity index (χ2v) is 3.46. The summed E-state index contributed by atoms with van der Waals surface area (Å²) >= 11 is 0. The highest BCUT2D eigenvalue weighted by Crippen LogP contribution is 1.97. The van der Waals surface area contributed by atoms with Crippen molar-refractivity contribution in [3.05, 3.63) is 0 Å². The third kappa shape index (κ3) is 9.21. The van der Waals surface area contributed by atoms with Crippen LogP contribution >= 0.6 is 0 Å². The average Bonchev–Trinajstić information content (AvgIpc) is 2.29. The van der Waals surface area contributed by atoms with Crippen LogP contribution in [0.25, 0.3) is 0 Å². The summed E-state index contributed by atoms with van der Waals surface area (Å²) in [6.07, 6.45) is -1.26. The van der Waals surface area contributed by atoms with Crippen LogP contribution in [0.3, 0.4) is 0 Å². The van der Waals surface area contributed by atoms with Gasteiger partial charge in [0.05, 0.1) is 6.54 Å². The Balaban J connectivity index is 3.99. The predicted molar refractivity (Wildman–Crippen MR) is 61.9 cm³/mol. The highest BCUT2D eigenvalue weighted by atomic mass is 16.5. The van der Waals surface area contributed by atoms with E-state index < -0.39 is 30.0 Å². The number of carboxylic acid groups (broad SMARTS) is 1. The topological polar surface area (TPSA) is 174 Å². The molecule has 0 aromatic heterocycles. The second-order valence-electron chi connectivity index (χ2n) is 3.46. The van der Waals surface area contributed by atoms with Crippen LogP contribution in [0.2, 0.25) is 0 Å². The van der Waals surface area contributed by atoms with Crippen molar-refractivity contribution in [2.75, 3.05) is 13.2 Å². The fourth-order valence-electron chi connectivity index (χ4n) is 1.07. The molecular formula is C9H16N4O6. The van der Waals surface area contributed by atoms with Crippen molar-refractivity contribution in [1.82, 2.24) is 10.6 Å². The van der Waals surface area contributed by atoms with E-state index in [2.05, 4.69) is 21.1 Å². The zero-order chi connectivity index (χ0) is 14.8. The van der Waals surface area contributed by atoms with Crippen LogP contribution < -0.4 is 22.1 Å². The number of carboxylic acids is 1. The van der Waals surface area contributed by atoms with Gasteiger partial charge in [0.25, 0.3) is 0 Å². The molecule has 4 amide bonds. The molecule has 0 heterocycles. The molecule has 10 heteroatoms. The number of urea groups is 1. The van der Waals surface area contributed by atoms with Gasteiger partial charge in [-0.25, -0.2) is 14.4 Å². The van der Waals surface area contributed by atoms with E-state index in [4.69, 9.17) is 10.8 Å². The van der Waals surface area contributed by atoms with E-state index in [9.17, 15) is 19.2 Å². The van der Waals surface area contributed by atoms with Gasteiger partial charge in [-0.05, 0) is 6.42 Å². The number of hydrogen-bond acceptors (Lipinski definition) is 5. The first kappa shape index (κ1) is 16.5. The van der Waals surface area contributed by atoms with E-state index >= 15 is 0 Å². The minimum absolute atomic E-state index is 0.0308. The van der Waals surface area contributed by atoms with E-state index in [0.29, 0.717) is 0 Å². The number of ether oxygens (including phenoxy) is 1. The van der Waals surface area contributed by atoms with Crippen LogP contribution in [0, 0.1) is 0 Å². The summed E-state index contributed by atoms with van der Waals surface area (Å²) in [4.78, 5) is 42.8. The van der Waals surface area contributed by atoms with Gasteiger partial charge in [0.15, 0.2) is 0 Å². The molecule has 19 heavy (non-hydrogen) atoms. The van der Waals surface area contributed by atoms with Crippen molar-refractivity contribution in [2.24, 2.45) is 11.5 Å². The van der Waals surface area contributed by atoms with Crippen LogP contribution in [-0.2, 0) is 14.3 Å². The Hall–Kier alpha value is -2.52. The maximum atomic E-state index is 11.3. The van der Waals surface area contributed by atoms with Gasteiger partial charge < -0.3 is 31.9 Å². The molecule has 10 nitrogen and oxygen atoms in total. The summed E-state index contributed by atoms with van der Waals surface area (Å²) in [6.45, 7) is -0.168. The van der Waals surface area contributed by atoms with Crippen LogP contribution in [0.5, 0.6) is 0 Å². The molecule has 1 atom stereocenters. The number of nitrogens with one attached hydrogen (secondary N) is 2. The van der Waals surface area contributed by atoms with Crippen LogP contribution in [0.4, 0.5) is 9.59 Å². The molecule has 0 radical (unpaired) electrons. The molecule has 0 aliphatic rings. The minimum atomic E-state index is -1.29. The molecule has 108 valence electrons. The molecule has 0 aromatic rings. The molecule has 0 rings (SSSR count). The summed E-state index contributed by atoms with van der Waals surface area (Å²) in [5.41, 5.74) is 9.56. The van der Waals surface area contributed by atoms with E-state index in [-0.39, 0.29) is 26.0 Å². The molecule has 0 saturated heterocycles. The molecule has 0 aromatic carbocycles. The highest BCUT2D eigenvalue weighted by Gasteiger charge is 2.20. The molecule has 0 saturated carbocycles. The Morgan fingerprint density at radius 2 is 1.84 bits per heavy atom. The Bertz CT molecular complexity index is 359. The van der Waals surface area contributed by atoms with Gasteiger partial charge in [-0.3, -0.25) is 4.79 Å². The first-order valence-corrected chi connectivity index (χ1v) is 5.30. The standard InChI is InChI=1S/C9H16N4O6/c10-6(14)2-1-5(7(15)16)13-9(18)12-3-4-19-8(11)17/h5H,1-4H2,(H2,10,14)(H2,11,17)(H,15,16)(H2,12,13,18). The molecule has 0 spiro atoms. The maximum Gasteiger partial charge on any atom is 0.404 e. The van der Waals surface area contributed by atoms with Gasteiger partial charge >= 0.3 is 18.1 Å². The van der Waals surface area contributed by atoms with E-state index in [1.165, 1.54) is 0 Å². The number of hydrogen-bond donors (Lipinski definition) is 5. The Morgan fingerprint density at radius 1 is 1.21 bits per heavy atom. The Morgan fingerprint density at radius 3 is 2.32 bits per heavy atom. The fraction of sp³-hybridized carbons (Fsp3) is 0.556. The molecule has 0 aliphatic carbocycles. The molecule has 0 fully saturated rings. The number of aliphatic carboxylic acids is 1. The van der Waals surface area contributed by atoms with Crippen LogP contribution in [0.15, 0.2) is 0 Å². The zero-order valence-corrected chi connectivity index (χ0v) is 10.0. The quantitative estimate of drug-likeness (QED) is 0.323. The maximum absolute atomic E-state index is 11.3. The first-order valence-electron chi connectivity index (χ1n) is 5.30. The van der Waals surface area contributed by atoms with Gasteiger partial charge in [0.2, 0.25) is 5.91 Å². The third-order valence-electron chi connectivity index (χ3n) is 1.91. The number of carbonyl (C=O) groups is 4. The number of carbonyl (C=O) groups excluding carboxylic acids is 3. The van der Waals surface area contributed by atoms with Crippen molar-refractivity contribution in [3.8, 4) is 0 Å². The van der Waals surface area contributed by atoms with Gasteiger partial charge in [0.1, 0.15) is 12.6 Å². The monoisotopic (exact) mass is 276 g/mol. The average molecular weight is 276 g/mol. The van der Waals surface area contributed by atoms with Gasteiger partial charge in [-0.2, -0.15) is 0 Å². The van der Waals surface area contributed by atoms with E-state index in [1.807, 2.05) is 0 Å². The van der Waals surface area contributed by atoms with E-state index in [1.54, 1.807) is 0 Å². The Kier molecular flexibility index (Phi) is 7.42. The van der Waals surface area contributed by atoms with Crippen LogP contribution in [-0.4, -0.2) is 48.3 Å². The van der Waals surface area contributed by atoms with Crippen LogP contribution in [0.1, 0.15) is 12.8 Å². The lowest BCUT2D eigenvalue weighted by atomic mass is 10.1. The smallest absolute Gasteiger partial charge is 0.404 e. The van der Waals surface area contributed by atoms with Crippen molar-refractivity contribution in [3.63, 3.8) is 0 Å². The normalized spacial score (nSPS) is 11.2. The summed E-state index contributed by atoms with van der Waals surface area (Å²) in [6, 6.07) is -2.01. The molecule has 1 unspecified atom stereocenters. The first-order chi connectivity index (χ1) is 8.82. The lowest BCUT2D eigenvalue weighted by Gasteiger charge is -2.14. The van der Waals surface area contributed by atoms with Crippen molar-refractivity contribution >= 4 is 24.0 Å². The lowest BCUT2D eigenvalue weighted by Crippen LogP contribution is -2.47. The number of nitrogens with two attached hydrogens (primary N) is 2. The molecule has 0 aliphatic heterocycles. The van der Waals surface area contributed by atoms with Crippen molar-refractivity contribution < 1.29 is 29.0 Å². The largest absolute Gasteiger partial charge is 0.480 e. The summed E-state index contributed by atoms with van der Waals surface area (Å²) in [5, 5.41) is 13.2. The molecular weight excluding hydrogens is 260 g/mol. The molecule has 0 bridgehead atoms. The van der Waals surface area contributed by atoms with Crippen molar-refractivity contribution in [2.45, 2.75) is 18.9 Å². The van der Waals surface area contributed by atoms with E-state index in [0.717, 1.165) is 0 Å². The summed E-state index contributed by atoms with van der Waals surface area (Å²) in [5.74, 6) is -1.95. The highest BCUT2D eigenvalue weighted by molar-refractivity contribution is 5.83. The third-order valence-corrected chi connectivity index (χ3v) is 1.91. The fourth-order valence-corrected chi connectivity index (χ4v) is 1.07. The zero-order valence-electron chi connectivity index (χ0n) is 10.0. The van der Waals surface area contributed by atoms with Gasteiger partial charge in [0, 0.05) is 6.42 Å². The number of rotatable bonds is 8. The van der Waals surface area contributed by atoms with Crippen molar-refractivity contribution in [1.29, 1.82) is 0 Å². The lowest BCUT2D eigenvalue weighted by molar-refractivity contribution is -0.139. The predicted octanol–water partition coefficient (Wildman–Crippen LogP) is -1.90. The number of amides is 4. The summed E-state index contributed by atoms with van der Waals surface area (Å²) < 4.78 is 4.34.